The van der Waals surface area contributed by atoms with Crippen molar-refractivity contribution in [1.29, 1.82) is 0 Å². The van der Waals surface area contributed by atoms with Gasteiger partial charge in [0, 0.05) is 17.9 Å². The average Bonchev–Trinajstić information content (AvgIpc) is 2.54. The van der Waals surface area contributed by atoms with Gasteiger partial charge in [-0.05, 0) is 5.53 Å². The summed E-state index contributed by atoms with van der Waals surface area (Å²) in [4.78, 5) is 12.6. The highest BCUT2D eigenvalue weighted by atomic mass is 16.6. The van der Waals surface area contributed by atoms with Crippen LogP contribution in [0.3, 0.4) is 0 Å². The fourth-order valence-corrected chi connectivity index (χ4v) is 1.26. The molecule has 0 aliphatic carbocycles. The number of carbonyl (C=O) groups excluding carboxylic acids is 1. The van der Waals surface area contributed by atoms with E-state index < -0.39 is 0 Å². The third kappa shape index (κ3) is 18.8. The molecule has 128 valence electrons. The minimum atomic E-state index is 0.335. The maximum absolute atomic E-state index is 10.0. The Labute approximate surface area is 130 Å². The van der Waals surface area contributed by atoms with E-state index in [0.717, 1.165) is 6.29 Å². The maximum Gasteiger partial charge on any atom is 0.122 e. The Morgan fingerprint density at radius 2 is 1.14 bits per heavy atom. The first-order valence-corrected chi connectivity index (χ1v) is 7.25. The lowest BCUT2D eigenvalue weighted by Crippen LogP contribution is -2.13. The molecule has 0 aliphatic heterocycles. The Hall–Kier alpha value is -1.22. The van der Waals surface area contributed by atoms with Gasteiger partial charge >= 0.3 is 0 Å². The molecule has 0 N–H and O–H groups in total. The van der Waals surface area contributed by atoms with Gasteiger partial charge in [-0.25, -0.2) is 0 Å². The third-order valence-corrected chi connectivity index (χ3v) is 2.27. The minimum Gasteiger partial charge on any atom is -0.379 e. The molecule has 0 radical (unpaired) electrons. The Kier molecular flexibility index (Phi) is 18.7. The topological polar surface area (TPSA) is 112 Å². The van der Waals surface area contributed by atoms with Gasteiger partial charge in [0.15, 0.2) is 0 Å². The second-order valence-electron chi connectivity index (χ2n) is 3.97. The van der Waals surface area contributed by atoms with Crippen molar-refractivity contribution in [2.45, 2.75) is 6.42 Å². The monoisotopic (exact) mass is 319 g/mol. The van der Waals surface area contributed by atoms with Crippen LogP contribution in [0, 0.1) is 0 Å². The summed E-state index contributed by atoms with van der Waals surface area (Å²) in [5.74, 6) is 0. The molecule has 22 heavy (non-hydrogen) atoms. The van der Waals surface area contributed by atoms with Crippen LogP contribution in [0.15, 0.2) is 5.11 Å². The van der Waals surface area contributed by atoms with Crippen LogP contribution in [0.25, 0.3) is 10.4 Å². The first-order valence-electron chi connectivity index (χ1n) is 7.25. The molecule has 0 rings (SSSR count). The Bertz CT molecular complexity index is 287. The van der Waals surface area contributed by atoms with Gasteiger partial charge in [0.05, 0.1) is 66.1 Å². The van der Waals surface area contributed by atoms with Gasteiger partial charge in [0.2, 0.25) is 0 Å². The molecule has 0 fully saturated rings. The van der Waals surface area contributed by atoms with Crippen LogP contribution in [0.4, 0.5) is 0 Å². The van der Waals surface area contributed by atoms with E-state index in [2.05, 4.69) is 10.0 Å². The lowest BCUT2D eigenvalue weighted by Gasteiger charge is -2.07. The number of ether oxygens (including phenoxy) is 5. The summed E-state index contributed by atoms with van der Waals surface area (Å²) >= 11 is 0. The quantitative estimate of drug-likeness (QED) is 0.122. The van der Waals surface area contributed by atoms with Gasteiger partial charge in [-0.1, -0.05) is 5.11 Å². The lowest BCUT2D eigenvalue weighted by atomic mass is 10.5. The van der Waals surface area contributed by atoms with Crippen molar-refractivity contribution in [2.75, 3.05) is 72.6 Å². The molecule has 0 spiro atoms. The van der Waals surface area contributed by atoms with Crippen molar-refractivity contribution in [1.82, 2.24) is 0 Å². The van der Waals surface area contributed by atoms with E-state index in [1.807, 2.05) is 0 Å². The molecular formula is C13H25N3O6. The summed E-state index contributed by atoms with van der Waals surface area (Å²) < 4.78 is 26.2. The van der Waals surface area contributed by atoms with Crippen LogP contribution in [-0.2, 0) is 28.5 Å². The first-order chi connectivity index (χ1) is 10.9. The van der Waals surface area contributed by atoms with Gasteiger partial charge in [-0.3, -0.25) is 0 Å². The van der Waals surface area contributed by atoms with E-state index in [1.54, 1.807) is 0 Å². The van der Waals surface area contributed by atoms with Crippen molar-refractivity contribution < 1.29 is 28.5 Å². The fourth-order valence-electron chi connectivity index (χ4n) is 1.26. The summed E-state index contributed by atoms with van der Waals surface area (Å²) in [5, 5.41) is 3.34. The van der Waals surface area contributed by atoms with Crippen molar-refractivity contribution >= 4 is 6.29 Å². The second-order valence-corrected chi connectivity index (χ2v) is 3.97. The van der Waals surface area contributed by atoms with E-state index in [1.165, 1.54) is 0 Å². The van der Waals surface area contributed by atoms with Gasteiger partial charge < -0.3 is 28.5 Å². The molecule has 9 nitrogen and oxygen atoms in total. The molecule has 0 unspecified atom stereocenters. The summed E-state index contributed by atoms with van der Waals surface area (Å²) in [7, 11) is 0. The van der Waals surface area contributed by atoms with E-state index in [-0.39, 0.29) is 0 Å². The molecule has 0 aliphatic rings. The predicted molar refractivity (Wildman–Crippen MR) is 78.8 cm³/mol. The predicted octanol–water partition coefficient (Wildman–Crippen LogP) is 0.969. The molecule has 0 amide bonds. The molecular weight excluding hydrogens is 294 g/mol. The highest BCUT2D eigenvalue weighted by molar-refractivity contribution is 5.49. The summed E-state index contributed by atoms with van der Waals surface area (Å²) in [6.07, 6.45) is 1.24. The molecule has 9 heteroatoms. The summed E-state index contributed by atoms with van der Waals surface area (Å²) in [6.45, 7) is 5.09. The Morgan fingerprint density at radius 3 is 1.55 bits per heavy atom. The van der Waals surface area contributed by atoms with Gasteiger partial charge in [0.25, 0.3) is 0 Å². The number of rotatable bonds is 18. The molecule has 0 aromatic heterocycles. The van der Waals surface area contributed by atoms with Crippen LogP contribution in [0.2, 0.25) is 0 Å². The Morgan fingerprint density at radius 1 is 0.727 bits per heavy atom. The first kappa shape index (κ1) is 20.8. The summed E-state index contributed by atoms with van der Waals surface area (Å²) in [5.41, 5.74) is 8.04. The zero-order chi connectivity index (χ0) is 16.1. The molecule has 0 saturated heterocycles. The second kappa shape index (κ2) is 19.8. The van der Waals surface area contributed by atoms with Gasteiger partial charge in [-0.15, -0.1) is 0 Å². The standard InChI is InChI=1S/C13H25N3O6/c14-16-15-2-5-19-7-9-21-11-13-22-12-10-20-8-6-18-4-1-3-17/h3H,1-2,4-13H2. The molecule has 0 aromatic rings. The lowest BCUT2D eigenvalue weighted by molar-refractivity contribution is -0.108. The fraction of sp³-hybridized carbons (Fsp3) is 0.923. The highest BCUT2D eigenvalue weighted by Crippen LogP contribution is 1.84. The molecule has 0 aromatic carbocycles. The number of hydrogen-bond donors (Lipinski definition) is 0. The smallest absolute Gasteiger partial charge is 0.122 e. The number of azide groups is 1. The third-order valence-electron chi connectivity index (χ3n) is 2.27. The number of hydrogen-bond acceptors (Lipinski definition) is 7. The molecule has 0 saturated carbocycles. The largest absolute Gasteiger partial charge is 0.379 e. The zero-order valence-electron chi connectivity index (χ0n) is 12.9. The number of nitrogens with zero attached hydrogens (tertiary/aromatic N) is 3. The van der Waals surface area contributed by atoms with Crippen molar-refractivity contribution in [3.05, 3.63) is 10.4 Å². The van der Waals surface area contributed by atoms with Crippen LogP contribution in [0.1, 0.15) is 6.42 Å². The van der Waals surface area contributed by atoms with E-state index in [4.69, 9.17) is 29.2 Å². The highest BCUT2D eigenvalue weighted by Gasteiger charge is 1.93. The number of carbonyl (C=O) groups is 1. The van der Waals surface area contributed by atoms with Gasteiger partial charge in [0.1, 0.15) is 6.29 Å². The van der Waals surface area contributed by atoms with Crippen LogP contribution in [0.5, 0.6) is 0 Å². The Balaban J connectivity index is 2.96. The zero-order valence-corrected chi connectivity index (χ0v) is 12.9. The molecule has 0 bridgehead atoms. The van der Waals surface area contributed by atoms with E-state index in [9.17, 15) is 4.79 Å². The van der Waals surface area contributed by atoms with Crippen molar-refractivity contribution in [2.24, 2.45) is 5.11 Å². The molecule has 0 heterocycles. The van der Waals surface area contributed by atoms with Gasteiger partial charge in [-0.2, -0.15) is 0 Å². The SMILES string of the molecule is [N-]=[N+]=NCCOCCOCCOCCOCCOCCC=O. The van der Waals surface area contributed by atoms with Crippen LogP contribution >= 0.6 is 0 Å². The van der Waals surface area contributed by atoms with Crippen LogP contribution in [-0.4, -0.2) is 78.9 Å². The van der Waals surface area contributed by atoms with Crippen LogP contribution < -0.4 is 0 Å². The van der Waals surface area contributed by atoms with E-state index in [0.29, 0.717) is 79.0 Å². The van der Waals surface area contributed by atoms with E-state index >= 15 is 0 Å². The van der Waals surface area contributed by atoms with Crippen molar-refractivity contribution in [3.63, 3.8) is 0 Å². The minimum absolute atomic E-state index is 0.335. The number of aldehydes is 1. The molecule has 0 atom stereocenters. The van der Waals surface area contributed by atoms with Crippen molar-refractivity contribution in [3.8, 4) is 0 Å². The maximum atomic E-state index is 10.0. The normalized spacial score (nSPS) is 10.4. The average molecular weight is 319 g/mol. The summed E-state index contributed by atoms with van der Waals surface area (Å²) in [6, 6.07) is 0.